The van der Waals surface area contributed by atoms with Crippen LogP contribution in [0, 0.1) is 0 Å². The molecule has 5 heteroatoms. The van der Waals surface area contributed by atoms with Gasteiger partial charge in [-0.15, -0.1) is 0 Å². The molecule has 0 saturated heterocycles. The molecular weight excluding hydrogens is 246 g/mol. The highest BCUT2D eigenvalue weighted by Gasteiger charge is 2.21. The van der Waals surface area contributed by atoms with Gasteiger partial charge in [0, 0.05) is 19.0 Å². The highest BCUT2D eigenvalue weighted by molar-refractivity contribution is 5.93. The van der Waals surface area contributed by atoms with E-state index in [0.717, 1.165) is 11.3 Å². The molecule has 2 unspecified atom stereocenters. The van der Waals surface area contributed by atoms with E-state index in [1.165, 1.54) is 6.92 Å². The van der Waals surface area contributed by atoms with Crippen molar-refractivity contribution in [2.24, 2.45) is 0 Å². The Hall–Kier alpha value is -1.88. The summed E-state index contributed by atoms with van der Waals surface area (Å²) in [5.41, 5.74) is 2.46. The number of nitrogens with one attached hydrogen (secondary N) is 1. The molecule has 1 aliphatic rings. The summed E-state index contributed by atoms with van der Waals surface area (Å²) in [5.74, 6) is -0.411. The van der Waals surface area contributed by atoms with Crippen LogP contribution in [0.5, 0.6) is 0 Å². The summed E-state index contributed by atoms with van der Waals surface area (Å²) >= 11 is 0. The number of carbonyl (C=O) groups is 2. The minimum atomic E-state index is -0.869. The lowest BCUT2D eigenvalue weighted by atomic mass is 9.97. The number of ether oxygens (including phenoxy) is 1. The maximum Gasteiger partial charge on any atom is 0.302 e. The minimum absolute atomic E-state index is 0.00841. The quantitative estimate of drug-likeness (QED) is 0.811. The summed E-state index contributed by atoms with van der Waals surface area (Å²) in [6.45, 7) is 2.96. The lowest BCUT2D eigenvalue weighted by Gasteiger charge is -2.22. The van der Waals surface area contributed by atoms with Crippen molar-refractivity contribution in [3.63, 3.8) is 0 Å². The number of aryl methyl sites for hydroxylation is 1. The molecule has 1 heterocycles. The summed E-state index contributed by atoms with van der Waals surface area (Å²) < 4.78 is 4.97. The monoisotopic (exact) mass is 263 g/mol. The number of hydrogen-bond donors (Lipinski definition) is 2. The van der Waals surface area contributed by atoms with Crippen LogP contribution in [0.4, 0.5) is 5.69 Å². The molecule has 0 saturated carbocycles. The minimum Gasteiger partial charge on any atom is -0.460 e. The Bertz CT molecular complexity index is 512. The van der Waals surface area contributed by atoms with Crippen molar-refractivity contribution in [1.82, 2.24) is 0 Å². The van der Waals surface area contributed by atoms with Gasteiger partial charge in [-0.3, -0.25) is 9.59 Å². The molecular formula is C14H17NO4. The van der Waals surface area contributed by atoms with Crippen LogP contribution in [0.3, 0.4) is 0 Å². The number of aliphatic hydroxyl groups excluding tert-OH is 1. The third kappa shape index (κ3) is 3.12. The Morgan fingerprint density at radius 2 is 2.16 bits per heavy atom. The standard InChI is InChI=1S/C14H17NO4/c1-8(19-9(2)16)14(18)11-3-5-12-10(7-11)4-6-13(17)15-12/h3,5,7-8,14,18H,4,6H2,1-2H3,(H,15,17). The zero-order chi connectivity index (χ0) is 14.0. The van der Waals surface area contributed by atoms with E-state index >= 15 is 0 Å². The Kier molecular flexibility index (Phi) is 3.85. The van der Waals surface area contributed by atoms with Gasteiger partial charge in [-0.25, -0.2) is 0 Å². The van der Waals surface area contributed by atoms with Gasteiger partial charge in [0.15, 0.2) is 0 Å². The number of fused-ring (bicyclic) bond motifs is 1. The maximum atomic E-state index is 11.3. The van der Waals surface area contributed by atoms with Crippen molar-refractivity contribution in [2.45, 2.75) is 38.9 Å². The van der Waals surface area contributed by atoms with Crippen molar-refractivity contribution >= 4 is 17.6 Å². The Morgan fingerprint density at radius 3 is 2.84 bits per heavy atom. The summed E-state index contributed by atoms with van der Waals surface area (Å²) in [7, 11) is 0. The summed E-state index contributed by atoms with van der Waals surface area (Å²) in [6, 6.07) is 5.35. The molecule has 0 bridgehead atoms. The SMILES string of the molecule is CC(=O)OC(C)C(O)c1ccc2c(c1)CCC(=O)N2. The summed E-state index contributed by atoms with van der Waals surface area (Å²) in [4.78, 5) is 22.1. The number of esters is 1. The molecule has 1 amide bonds. The van der Waals surface area contributed by atoms with Gasteiger partial charge in [0.05, 0.1) is 0 Å². The van der Waals surface area contributed by atoms with Crippen molar-refractivity contribution < 1.29 is 19.4 Å². The van der Waals surface area contributed by atoms with Crippen LogP contribution in [0.1, 0.15) is 37.5 Å². The molecule has 0 fully saturated rings. The number of rotatable bonds is 3. The normalized spacial score (nSPS) is 17.1. The van der Waals surface area contributed by atoms with Gasteiger partial charge in [-0.2, -0.15) is 0 Å². The highest BCUT2D eigenvalue weighted by atomic mass is 16.6. The molecule has 2 atom stereocenters. The van der Waals surface area contributed by atoms with E-state index in [1.807, 2.05) is 6.07 Å². The van der Waals surface area contributed by atoms with Gasteiger partial charge in [-0.1, -0.05) is 12.1 Å². The van der Waals surface area contributed by atoms with Crippen LogP contribution < -0.4 is 5.32 Å². The Labute approximate surface area is 111 Å². The topological polar surface area (TPSA) is 75.6 Å². The van der Waals surface area contributed by atoms with Crippen LogP contribution in [-0.4, -0.2) is 23.1 Å². The van der Waals surface area contributed by atoms with E-state index in [1.54, 1.807) is 19.1 Å². The lowest BCUT2D eigenvalue weighted by molar-refractivity contribution is -0.151. The molecule has 0 spiro atoms. The van der Waals surface area contributed by atoms with Crippen molar-refractivity contribution in [3.8, 4) is 0 Å². The van der Waals surface area contributed by atoms with Gasteiger partial charge in [0.2, 0.25) is 5.91 Å². The van der Waals surface area contributed by atoms with E-state index in [0.29, 0.717) is 18.4 Å². The molecule has 19 heavy (non-hydrogen) atoms. The maximum absolute atomic E-state index is 11.3. The molecule has 0 aliphatic carbocycles. The van der Waals surface area contributed by atoms with Gasteiger partial charge in [0.25, 0.3) is 0 Å². The molecule has 2 rings (SSSR count). The predicted octanol–water partition coefficient (Wildman–Crippen LogP) is 1.56. The molecule has 5 nitrogen and oxygen atoms in total. The second-order valence-electron chi connectivity index (χ2n) is 4.72. The number of hydrogen-bond acceptors (Lipinski definition) is 4. The first-order valence-corrected chi connectivity index (χ1v) is 6.25. The predicted molar refractivity (Wildman–Crippen MR) is 69.6 cm³/mol. The van der Waals surface area contributed by atoms with E-state index in [2.05, 4.69) is 5.32 Å². The molecule has 0 aromatic heterocycles. The van der Waals surface area contributed by atoms with Crippen LogP contribution in [0.2, 0.25) is 0 Å². The fourth-order valence-corrected chi connectivity index (χ4v) is 2.18. The smallest absolute Gasteiger partial charge is 0.302 e. The number of benzene rings is 1. The Morgan fingerprint density at radius 1 is 1.42 bits per heavy atom. The fourth-order valence-electron chi connectivity index (χ4n) is 2.18. The highest BCUT2D eigenvalue weighted by Crippen LogP contribution is 2.27. The number of anilines is 1. The van der Waals surface area contributed by atoms with Crippen LogP contribution in [0.25, 0.3) is 0 Å². The first-order valence-electron chi connectivity index (χ1n) is 6.25. The second kappa shape index (κ2) is 5.40. The van der Waals surface area contributed by atoms with Gasteiger partial charge in [0.1, 0.15) is 12.2 Å². The van der Waals surface area contributed by atoms with E-state index in [9.17, 15) is 14.7 Å². The van der Waals surface area contributed by atoms with E-state index in [4.69, 9.17) is 4.74 Å². The molecule has 1 aromatic carbocycles. The lowest BCUT2D eigenvalue weighted by Crippen LogP contribution is -2.22. The number of carbonyl (C=O) groups excluding carboxylic acids is 2. The number of aliphatic hydroxyl groups is 1. The first-order chi connectivity index (χ1) is 8.97. The van der Waals surface area contributed by atoms with Crippen molar-refractivity contribution in [3.05, 3.63) is 29.3 Å². The van der Waals surface area contributed by atoms with E-state index in [-0.39, 0.29) is 5.91 Å². The van der Waals surface area contributed by atoms with Crippen molar-refractivity contribution in [2.75, 3.05) is 5.32 Å². The zero-order valence-corrected chi connectivity index (χ0v) is 11.0. The fraction of sp³-hybridized carbons (Fsp3) is 0.429. The first kappa shape index (κ1) is 13.5. The molecule has 102 valence electrons. The largest absolute Gasteiger partial charge is 0.460 e. The average molecular weight is 263 g/mol. The summed E-state index contributed by atoms with van der Waals surface area (Å²) in [6.07, 6.45) is -0.365. The zero-order valence-electron chi connectivity index (χ0n) is 11.0. The molecule has 0 radical (unpaired) electrons. The third-order valence-corrected chi connectivity index (χ3v) is 3.16. The molecule has 2 N–H and O–H groups in total. The number of amides is 1. The van der Waals surface area contributed by atoms with Crippen molar-refractivity contribution in [1.29, 1.82) is 0 Å². The van der Waals surface area contributed by atoms with Crippen LogP contribution in [-0.2, 0) is 20.7 Å². The molecule has 1 aliphatic heterocycles. The van der Waals surface area contributed by atoms with E-state index < -0.39 is 18.2 Å². The third-order valence-electron chi connectivity index (χ3n) is 3.16. The summed E-state index contributed by atoms with van der Waals surface area (Å²) in [5, 5.41) is 12.9. The van der Waals surface area contributed by atoms with Crippen LogP contribution >= 0.6 is 0 Å². The average Bonchev–Trinajstić information content (AvgIpc) is 2.36. The molecule has 1 aromatic rings. The second-order valence-corrected chi connectivity index (χ2v) is 4.72. The Balaban J connectivity index is 2.17. The van der Waals surface area contributed by atoms with Gasteiger partial charge >= 0.3 is 5.97 Å². The van der Waals surface area contributed by atoms with Gasteiger partial charge in [-0.05, 0) is 30.5 Å². The van der Waals surface area contributed by atoms with Gasteiger partial charge < -0.3 is 15.2 Å². The van der Waals surface area contributed by atoms with Crippen LogP contribution in [0.15, 0.2) is 18.2 Å².